The topological polar surface area (TPSA) is 23.6 Å². The second kappa shape index (κ2) is 5.43. The van der Waals surface area contributed by atoms with Crippen LogP contribution in [-0.2, 0) is 4.79 Å². The van der Waals surface area contributed by atoms with Gasteiger partial charge in [-0.2, -0.15) is 0 Å². The van der Waals surface area contributed by atoms with Crippen molar-refractivity contribution in [1.29, 1.82) is 0 Å². The highest BCUT2D eigenvalue weighted by Crippen LogP contribution is 2.35. The van der Waals surface area contributed by atoms with Gasteiger partial charge in [0.15, 0.2) is 0 Å². The Labute approximate surface area is 120 Å². The highest BCUT2D eigenvalue weighted by Gasteiger charge is 2.46. The molecule has 3 nitrogen and oxygen atoms in total. The van der Waals surface area contributed by atoms with Crippen LogP contribution < -0.4 is 0 Å². The smallest absolute Gasteiger partial charge is 0.228 e. The van der Waals surface area contributed by atoms with E-state index in [2.05, 4.69) is 53.5 Å². The third-order valence-electron chi connectivity index (χ3n) is 4.94. The van der Waals surface area contributed by atoms with Gasteiger partial charge in [0, 0.05) is 24.0 Å². The fraction of sp³-hybridized carbons (Fsp3) is 0.938. The van der Waals surface area contributed by atoms with Gasteiger partial charge in [-0.15, -0.1) is 0 Å². The van der Waals surface area contributed by atoms with Gasteiger partial charge >= 0.3 is 0 Å². The largest absolute Gasteiger partial charge is 0.338 e. The van der Waals surface area contributed by atoms with Crippen LogP contribution in [0.2, 0.25) is 0 Å². The Kier molecular flexibility index (Phi) is 5.27. The number of amides is 1. The Bertz CT molecular complexity index is 324. The van der Waals surface area contributed by atoms with Crippen LogP contribution in [0.25, 0.3) is 0 Å². The first kappa shape index (κ1) is 18.4. The molecule has 0 aromatic heterocycles. The minimum Gasteiger partial charge on any atom is -0.338 e. The fourth-order valence-electron chi connectivity index (χ4n) is 2.24. The first-order valence-corrected chi connectivity index (χ1v) is 7.18. The zero-order valence-electron chi connectivity index (χ0n) is 14.9. The number of rotatable bonds is 4. The number of carbonyl (C=O) groups excluding carboxylic acids is 1. The van der Waals surface area contributed by atoms with Crippen molar-refractivity contribution >= 4 is 5.91 Å². The molecule has 0 aliphatic heterocycles. The molecule has 0 radical (unpaired) electrons. The molecule has 0 fully saturated rings. The van der Waals surface area contributed by atoms with Crippen LogP contribution in [0.15, 0.2) is 0 Å². The number of hydrogen-bond donors (Lipinski definition) is 0. The maximum atomic E-state index is 12.6. The SMILES string of the molecule is CC(C)N(C)C(C)(C)C(C)(C)N(C)C(=O)C(C)(C)C. The quantitative estimate of drug-likeness (QED) is 0.782. The predicted octanol–water partition coefficient (Wildman–Crippen LogP) is 3.39. The molecular formula is C16H34N2O. The van der Waals surface area contributed by atoms with Gasteiger partial charge in [-0.05, 0) is 48.6 Å². The summed E-state index contributed by atoms with van der Waals surface area (Å²) < 4.78 is 0. The molecule has 19 heavy (non-hydrogen) atoms. The second-order valence-electron chi connectivity index (χ2n) is 7.94. The Hall–Kier alpha value is -0.570. The van der Waals surface area contributed by atoms with Crippen LogP contribution in [0.3, 0.4) is 0 Å². The van der Waals surface area contributed by atoms with E-state index in [1.807, 2.05) is 32.7 Å². The molecule has 3 heteroatoms. The summed E-state index contributed by atoms with van der Waals surface area (Å²) in [5.41, 5.74) is -0.717. The Morgan fingerprint density at radius 2 is 1.21 bits per heavy atom. The van der Waals surface area contributed by atoms with Crippen LogP contribution in [0, 0.1) is 5.41 Å². The highest BCUT2D eigenvalue weighted by molar-refractivity contribution is 5.82. The summed E-state index contributed by atoms with van der Waals surface area (Å²) in [6, 6.07) is 0.437. The van der Waals surface area contributed by atoms with E-state index in [-0.39, 0.29) is 22.4 Å². The summed E-state index contributed by atoms with van der Waals surface area (Å²) in [5, 5.41) is 0. The zero-order chi connectivity index (χ0) is 15.8. The molecule has 0 heterocycles. The molecule has 0 bridgehead atoms. The van der Waals surface area contributed by atoms with E-state index >= 15 is 0 Å². The van der Waals surface area contributed by atoms with Gasteiger partial charge < -0.3 is 4.90 Å². The normalized spacial score (nSPS) is 14.2. The predicted molar refractivity (Wildman–Crippen MR) is 83.3 cm³/mol. The maximum Gasteiger partial charge on any atom is 0.228 e. The standard InChI is InChI=1S/C16H34N2O/c1-12(2)17(10)15(6,7)16(8,9)18(11)13(19)14(3,4)5/h12H,1-11H3. The minimum atomic E-state index is -0.349. The lowest BCUT2D eigenvalue weighted by molar-refractivity contribution is -0.149. The number of hydrogen-bond acceptors (Lipinski definition) is 2. The molecule has 0 saturated carbocycles. The minimum absolute atomic E-state index is 0.114. The van der Waals surface area contributed by atoms with Crippen LogP contribution in [0.1, 0.15) is 62.3 Å². The van der Waals surface area contributed by atoms with Crippen molar-refractivity contribution in [2.24, 2.45) is 5.41 Å². The van der Waals surface area contributed by atoms with Crippen LogP contribution >= 0.6 is 0 Å². The summed E-state index contributed by atoms with van der Waals surface area (Å²) in [6.45, 7) is 19.0. The summed E-state index contributed by atoms with van der Waals surface area (Å²) in [5.74, 6) is 0.183. The van der Waals surface area contributed by atoms with Crippen molar-refractivity contribution in [3.8, 4) is 0 Å². The van der Waals surface area contributed by atoms with Gasteiger partial charge in [0.05, 0.1) is 5.54 Å². The molecule has 0 aliphatic rings. The number of carbonyl (C=O) groups is 1. The van der Waals surface area contributed by atoms with Crippen molar-refractivity contribution in [3.63, 3.8) is 0 Å². The molecule has 0 saturated heterocycles. The van der Waals surface area contributed by atoms with Gasteiger partial charge in [0.1, 0.15) is 0 Å². The maximum absolute atomic E-state index is 12.6. The Morgan fingerprint density at radius 3 is 1.47 bits per heavy atom. The average Bonchev–Trinajstić information content (AvgIpc) is 2.23. The third kappa shape index (κ3) is 3.50. The summed E-state index contributed by atoms with van der Waals surface area (Å²) in [6.07, 6.45) is 0. The lowest BCUT2D eigenvalue weighted by atomic mass is 9.78. The zero-order valence-corrected chi connectivity index (χ0v) is 14.9. The Morgan fingerprint density at radius 1 is 0.842 bits per heavy atom. The van der Waals surface area contributed by atoms with E-state index < -0.39 is 0 Å². The average molecular weight is 270 g/mol. The third-order valence-corrected chi connectivity index (χ3v) is 4.94. The highest BCUT2D eigenvalue weighted by atomic mass is 16.2. The van der Waals surface area contributed by atoms with Gasteiger partial charge in [-0.25, -0.2) is 0 Å². The molecule has 0 N–H and O–H groups in total. The van der Waals surface area contributed by atoms with Gasteiger partial charge in [0.2, 0.25) is 5.91 Å². The van der Waals surface area contributed by atoms with E-state index in [4.69, 9.17) is 0 Å². The second-order valence-corrected chi connectivity index (χ2v) is 7.94. The molecule has 0 rings (SSSR count). The molecular weight excluding hydrogens is 236 g/mol. The molecule has 0 unspecified atom stereocenters. The van der Waals surface area contributed by atoms with E-state index in [1.165, 1.54) is 0 Å². The number of likely N-dealkylation sites (N-methyl/N-ethyl adjacent to an activating group) is 2. The lowest BCUT2D eigenvalue weighted by Crippen LogP contribution is -2.66. The van der Waals surface area contributed by atoms with Gasteiger partial charge in [0.25, 0.3) is 0 Å². The van der Waals surface area contributed by atoms with Crippen molar-refractivity contribution in [2.75, 3.05) is 14.1 Å². The summed E-state index contributed by atoms with van der Waals surface area (Å²) >= 11 is 0. The lowest BCUT2D eigenvalue weighted by Gasteiger charge is -2.54. The van der Waals surface area contributed by atoms with E-state index in [0.717, 1.165) is 0 Å². The molecule has 0 aliphatic carbocycles. The monoisotopic (exact) mass is 270 g/mol. The van der Waals surface area contributed by atoms with Gasteiger partial charge in [-0.3, -0.25) is 9.69 Å². The van der Waals surface area contributed by atoms with Crippen molar-refractivity contribution in [3.05, 3.63) is 0 Å². The van der Waals surface area contributed by atoms with E-state index in [0.29, 0.717) is 6.04 Å². The molecule has 0 spiro atoms. The molecule has 114 valence electrons. The first-order chi connectivity index (χ1) is 8.17. The van der Waals surface area contributed by atoms with Crippen LogP contribution in [0.4, 0.5) is 0 Å². The van der Waals surface area contributed by atoms with E-state index in [9.17, 15) is 4.79 Å². The van der Waals surface area contributed by atoms with Crippen LogP contribution in [0.5, 0.6) is 0 Å². The van der Waals surface area contributed by atoms with Crippen molar-refractivity contribution in [1.82, 2.24) is 9.80 Å². The molecule has 0 aromatic carbocycles. The number of nitrogens with zero attached hydrogens (tertiary/aromatic N) is 2. The summed E-state index contributed by atoms with van der Waals surface area (Å²) in [4.78, 5) is 16.8. The molecule has 0 aromatic rings. The Balaban J connectivity index is 5.43. The van der Waals surface area contributed by atoms with Crippen molar-refractivity contribution in [2.45, 2.75) is 79.4 Å². The summed E-state index contributed by atoms with van der Waals surface area (Å²) in [7, 11) is 4.05. The molecule has 1 amide bonds. The van der Waals surface area contributed by atoms with E-state index in [1.54, 1.807) is 0 Å². The molecule has 0 atom stereocenters. The van der Waals surface area contributed by atoms with Gasteiger partial charge in [-0.1, -0.05) is 20.8 Å². The fourth-order valence-corrected chi connectivity index (χ4v) is 2.24. The van der Waals surface area contributed by atoms with Crippen molar-refractivity contribution < 1.29 is 4.79 Å². The first-order valence-electron chi connectivity index (χ1n) is 7.18. The van der Waals surface area contributed by atoms with Crippen LogP contribution in [-0.4, -0.2) is 46.9 Å².